The lowest BCUT2D eigenvalue weighted by atomic mass is 10.2. The van der Waals surface area contributed by atoms with Gasteiger partial charge in [0.15, 0.2) is 0 Å². The van der Waals surface area contributed by atoms with E-state index in [-0.39, 0.29) is 17.2 Å². The van der Waals surface area contributed by atoms with Gasteiger partial charge in [-0.05, 0) is 43.0 Å². The van der Waals surface area contributed by atoms with Gasteiger partial charge in [-0.25, -0.2) is 0 Å². The second-order valence-corrected chi connectivity index (χ2v) is 4.98. The van der Waals surface area contributed by atoms with Crippen molar-refractivity contribution in [1.82, 2.24) is 4.90 Å². The first-order chi connectivity index (χ1) is 7.57. The van der Waals surface area contributed by atoms with Crippen molar-refractivity contribution in [2.75, 3.05) is 19.1 Å². The molecule has 0 aliphatic heterocycles. The van der Waals surface area contributed by atoms with Crippen LogP contribution in [0.15, 0.2) is 16.7 Å². The minimum atomic E-state index is -0.0904. The second kappa shape index (κ2) is 6.21. The van der Waals surface area contributed by atoms with Gasteiger partial charge in [0, 0.05) is 13.1 Å². The van der Waals surface area contributed by atoms with Crippen molar-refractivity contribution in [2.24, 2.45) is 0 Å². The van der Waals surface area contributed by atoms with E-state index < -0.39 is 0 Å². The number of carbonyl (C=O) groups excluding carboxylic acids is 1. The van der Waals surface area contributed by atoms with E-state index in [4.69, 9.17) is 16.0 Å². The lowest BCUT2D eigenvalue weighted by molar-refractivity contribution is 0.0741. The largest absolute Gasteiger partial charge is 0.452 e. The fourth-order valence-electron chi connectivity index (χ4n) is 1.32. The van der Waals surface area contributed by atoms with Crippen LogP contribution in [0.1, 0.15) is 23.7 Å². The van der Waals surface area contributed by atoms with Gasteiger partial charge in [0.25, 0.3) is 5.91 Å². The van der Waals surface area contributed by atoms with Gasteiger partial charge in [-0.3, -0.25) is 4.79 Å². The van der Waals surface area contributed by atoms with Crippen molar-refractivity contribution in [3.8, 4) is 0 Å². The highest BCUT2D eigenvalue weighted by Gasteiger charge is 2.20. The normalized spacial score (nSPS) is 12.5. The molecule has 1 heterocycles. The van der Waals surface area contributed by atoms with E-state index in [1.165, 1.54) is 6.26 Å². The molecule has 0 N–H and O–H groups in total. The Hall–Kier alpha value is -0.610. The van der Waals surface area contributed by atoms with E-state index in [0.717, 1.165) is 12.2 Å². The number of amides is 1. The number of thioether (sulfide) groups is 1. The first-order valence-corrected chi connectivity index (χ1v) is 6.84. The summed E-state index contributed by atoms with van der Waals surface area (Å²) in [5, 5.41) is 0.161. The molecule has 0 aliphatic rings. The lowest BCUT2D eigenvalue weighted by Gasteiger charge is -2.24. The first-order valence-electron chi connectivity index (χ1n) is 5.07. The molecule has 0 aliphatic carbocycles. The molecule has 0 fully saturated rings. The van der Waals surface area contributed by atoms with Gasteiger partial charge in [0.05, 0.1) is 11.8 Å². The summed E-state index contributed by atoms with van der Waals surface area (Å²) >= 11 is 7.55. The standard InChI is InChI=1S/C11H16ClNO2S/c1-8(5-7-16-3)13(2)11(14)9-4-6-15-10(9)12/h4,6,8H,5,7H2,1-3H3. The van der Waals surface area contributed by atoms with Gasteiger partial charge >= 0.3 is 0 Å². The van der Waals surface area contributed by atoms with Crippen molar-refractivity contribution >= 4 is 29.3 Å². The number of carbonyl (C=O) groups is 1. The van der Waals surface area contributed by atoms with Crippen LogP contribution in [-0.4, -0.2) is 35.9 Å². The topological polar surface area (TPSA) is 33.5 Å². The highest BCUT2D eigenvalue weighted by molar-refractivity contribution is 7.98. The predicted molar refractivity (Wildman–Crippen MR) is 68.3 cm³/mol. The Morgan fingerprint density at radius 2 is 2.38 bits per heavy atom. The molecule has 1 rings (SSSR count). The third-order valence-corrected chi connectivity index (χ3v) is 3.51. The van der Waals surface area contributed by atoms with Crippen LogP contribution < -0.4 is 0 Å². The van der Waals surface area contributed by atoms with Crippen LogP contribution >= 0.6 is 23.4 Å². The average Bonchev–Trinajstić information content (AvgIpc) is 2.70. The van der Waals surface area contributed by atoms with Crippen molar-refractivity contribution in [3.63, 3.8) is 0 Å². The molecule has 1 unspecified atom stereocenters. The molecule has 90 valence electrons. The maximum Gasteiger partial charge on any atom is 0.258 e. The second-order valence-electron chi connectivity index (χ2n) is 3.65. The maximum atomic E-state index is 12.0. The van der Waals surface area contributed by atoms with Crippen LogP contribution in [0.2, 0.25) is 5.22 Å². The zero-order chi connectivity index (χ0) is 12.1. The van der Waals surface area contributed by atoms with Crippen molar-refractivity contribution in [1.29, 1.82) is 0 Å². The van der Waals surface area contributed by atoms with Gasteiger partial charge in [0.1, 0.15) is 0 Å². The summed E-state index contributed by atoms with van der Waals surface area (Å²) in [6.45, 7) is 2.03. The molecule has 1 aromatic heterocycles. The molecule has 1 atom stereocenters. The highest BCUT2D eigenvalue weighted by atomic mass is 35.5. The van der Waals surface area contributed by atoms with Crippen molar-refractivity contribution in [2.45, 2.75) is 19.4 Å². The van der Waals surface area contributed by atoms with Gasteiger partial charge in [-0.2, -0.15) is 11.8 Å². The molecule has 0 bridgehead atoms. The van der Waals surface area contributed by atoms with Crippen LogP contribution in [0.3, 0.4) is 0 Å². The van der Waals surface area contributed by atoms with Crippen LogP contribution in [0.5, 0.6) is 0 Å². The first kappa shape index (κ1) is 13.5. The molecule has 16 heavy (non-hydrogen) atoms. The maximum absolute atomic E-state index is 12.0. The van der Waals surface area contributed by atoms with E-state index >= 15 is 0 Å². The van der Waals surface area contributed by atoms with E-state index in [0.29, 0.717) is 5.56 Å². The van der Waals surface area contributed by atoms with E-state index in [2.05, 4.69) is 6.26 Å². The Labute approximate surface area is 105 Å². The molecular weight excluding hydrogens is 246 g/mol. The third-order valence-electron chi connectivity index (χ3n) is 2.57. The van der Waals surface area contributed by atoms with Crippen molar-refractivity contribution < 1.29 is 9.21 Å². The number of halogens is 1. The fourth-order valence-corrected chi connectivity index (χ4v) is 2.09. The quantitative estimate of drug-likeness (QED) is 0.816. The molecule has 5 heteroatoms. The van der Waals surface area contributed by atoms with E-state index in [1.54, 1.807) is 29.8 Å². The Morgan fingerprint density at radius 3 is 2.88 bits per heavy atom. The van der Waals surface area contributed by atoms with Crippen LogP contribution in [0, 0.1) is 0 Å². The van der Waals surface area contributed by atoms with Gasteiger partial charge < -0.3 is 9.32 Å². The summed E-state index contributed by atoms with van der Waals surface area (Å²) in [6, 6.07) is 1.80. The summed E-state index contributed by atoms with van der Waals surface area (Å²) < 4.78 is 4.91. The third kappa shape index (κ3) is 3.19. The Morgan fingerprint density at radius 1 is 1.69 bits per heavy atom. The SMILES string of the molecule is CSCCC(C)N(C)C(=O)c1ccoc1Cl. The summed E-state index contributed by atoms with van der Waals surface area (Å²) in [6.07, 6.45) is 4.45. The molecule has 0 spiro atoms. The van der Waals surface area contributed by atoms with Crippen LogP contribution in [0.4, 0.5) is 0 Å². The molecule has 0 radical (unpaired) electrons. The predicted octanol–water partition coefficient (Wildman–Crippen LogP) is 3.15. The zero-order valence-electron chi connectivity index (χ0n) is 9.70. The monoisotopic (exact) mass is 261 g/mol. The molecule has 0 saturated carbocycles. The fraction of sp³-hybridized carbons (Fsp3) is 0.545. The molecule has 0 aromatic carbocycles. The number of hydrogen-bond acceptors (Lipinski definition) is 3. The van der Waals surface area contributed by atoms with Gasteiger partial charge in [-0.1, -0.05) is 0 Å². The summed E-state index contributed by atoms with van der Waals surface area (Å²) in [7, 11) is 1.79. The molecule has 1 amide bonds. The number of hydrogen-bond donors (Lipinski definition) is 0. The van der Waals surface area contributed by atoms with Crippen molar-refractivity contribution in [3.05, 3.63) is 23.1 Å². The van der Waals surface area contributed by atoms with Gasteiger partial charge in [-0.15, -0.1) is 0 Å². The minimum Gasteiger partial charge on any atom is -0.452 e. The summed E-state index contributed by atoms with van der Waals surface area (Å²) in [5.41, 5.74) is 0.431. The van der Waals surface area contributed by atoms with Crippen LogP contribution in [0.25, 0.3) is 0 Å². The molecular formula is C11H16ClNO2S. The Bertz CT molecular complexity index is 354. The molecule has 3 nitrogen and oxygen atoms in total. The molecule has 1 aromatic rings. The lowest BCUT2D eigenvalue weighted by Crippen LogP contribution is -2.35. The van der Waals surface area contributed by atoms with E-state index in [1.807, 2.05) is 6.92 Å². The average molecular weight is 262 g/mol. The number of nitrogens with zero attached hydrogens (tertiary/aromatic N) is 1. The summed E-state index contributed by atoms with van der Waals surface area (Å²) in [5.74, 6) is 0.949. The van der Waals surface area contributed by atoms with Crippen LogP contribution in [-0.2, 0) is 0 Å². The zero-order valence-corrected chi connectivity index (χ0v) is 11.3. The molecule has 0 saturated heterocycles. The number of rotatable bonds is 5. The summed E-state index contributed by atoms with van der Waals surface area (Å²) in [4.78, 5) is 13.7. The highest BCUT2D eigenvalue weighted by Crippen LogP contribution is 2.19. The van der Waals surface area contributed by atoms with Gasteiger partial charge in [0.2, 0.25) is 5.22 Å². The minimum absolute atomic E-state index is 0.0904. The smallest absolute Gasteiger partial charge is 0.258 e. The Kier molecular flexibility index (Phi) is 5.22. The number of furan rings is 1. The Balaban J connectivity index is 2.64. The van der Waals surface area contributed by atoms with E-state index in [9.17, 15) is 4.79 Å².